The Kier molecular flexibility index (Phi) is 4.68. The lowest BCUT2D eigenvalue weighted by Crippen LogP contribution is -2.25. The van der Waals surface area contributed by atoms with Gasteiger partial charge < -0.3 is 15.8 Å². The Morgan fingerprint density at radius 1 is 1.53 bits per heavy atom. The second-order valence-electron chi connectivity index (χ2n) is 4.10. The molecule has 1 amide bonds. The van der Waals surface area contributed by atoms with Crippen LogP contribution < -0.4 is 15.8 Å². The normalized spacial score (nSPS) is 12.2. The van der Waals surface area contributed by atoms with Gasteiger partial charge in [-0.3, -0.25) is 4.79 Å². The molecule has 0 aliphatic carbocycles. The first-order valence-corrected chi connectivity index (χ1v) is 5.52. The number of anilines is 1. The summed E-state index contributed by atoms with van der Waals surface area (Å²) in [4.78, 5) is 18.9. The molecule has 94 valence electrons. The molecule has 17 heavy (non-hydrogen) atoms. The van der Waals surface area contributed by atoms with Crippen LogP contribution >= 0.6 is 0 Å². The Morgan fingerprint density at radius 2 is 2.24 bits per heavy atom. The molecule has 0 fully saturated rings. The van der Waals surface area contributed by atoms with E-state index in [0.29, 0.717) is 11.8 Å². The zero-order valence-corrected chi connectivity index (χ0v) is 10.3. The summed E-state index contributed by atoms with van der Waals surface area (Å²) in [6.45, 7) is 5.68. The molecule has 1 atom stereocenters. The van der Waals surface area contributed by atoms with E-state index in [1.54, 1.807) is 12.3 Å². The van der Waals surface area contributed by atoms with Gasteiger partial charge in [0.15, 0.2) is 0 Å². The van der Waals surface area contributed by atoms with E-state index in [-0.39, 0.29) is 24.5 Å². The quantitative estimate of drug-likeness (QED) is 0.769. The molecule has 0 aromatic carbocycles. The third-order valence-corrected chi connectivity index (χ3v) is 1.87. The average molecular weight is 238 g/mol. The minimum atomic E-state index is -0.361. The number of amides is 1. The van der Waals surface area contributed by atoms with Gasteiger partial charge in [0.1, 0.15) is 0 Å². The van der Waals surface area contributed by atoms with Crippen molar-refractivity contribution in [1.82, 2.24) is 9.97 Å². The van der Waals surface area contributed by atoms with Gasteiger partial charge in [-0.15, -0.1) is 0 Å². The monoisotopic (exact) mass is 238 g/mol. The molecule has 6 nitrogen and oxygen atoms in total. The van der Waals surface area contributed by atoms with E-state index in [0.717, 1.165) is 0 Å². The zero-order valence-electron chi connectivity index (χ0n) is 10.3. The molecule has 1 aromatic rings. The number of nitrogens with one attached hydrogen (secondary N) is 1. The largest absolute Gasteiger partial charge is 0.475 e. The van der Waals surface area contributed by atoms with Crippen LogP contribution in [0.4, 0.5) is 5.95 Å². The molecule has 1 aromatic heterocycles. The number of nitrogens with two attached hydrogens (primary N) is 1. The number of primary amides is 1. The summed E-state index contributed by atoms with van der Waals surface area (Å²) in [5.41, 5.74) is 5.10. The predicted molar refractivity (Wildman–Crippen MR) is 64.7 cm³/mol. The smallest absolute Gasteiger partial charge is 0.226 e. The number of hydrogen-bond acceptors (Lipinski definition) is 5. The lowest BCUT2D eigenvalue weighted by Gasteiger charge is -2.13. The van der Waals surface area contributed by atoms with E-state index in [1.807, 2.05) is 20.8 Å². The van der Waals surface area contributed by atoms with Crippen molar-refractivity contribution in [2.24, 2.45) is 5.73 Å². The van der Waals surface area contributed by atoms with Crippen molar-refractivity contribution < 1.29 is 9.53 Å². The molecule has 0 aliphatic heterocycles. The molecule has 0 bridgehead atoms. The van der Waals surface area contributed by atoms with E-state index in [4.69, 9.17) is 10.5 Å². The molecule has 0 saturated carbocycles. The van der Waals surface area contributed by atoms with Gasteiger partial charge in [-0.1, -0.05) is 0 Å². The summed E-state index contributed by atoms with van der Waals surface area (Å²) in [6.07, 6.45) is 1.89. The first-order valence-electron chi connectivity index (χ1n) is 5.52. The van der Waals surface area contributed by atoms with Crippen molar-refractivity contribution in [2.75, 3.05) is 5.32 Å². The van der Waals surface area contributed by atoms with Crippen LogP contribution in [-0.4, -0.2) is 28.0 Å². The average Bonchev–Trinajstić information content (AvgIpc) is 2.14. The standard InChI is InChI=1S/C11H18N4O2/c1-7(2)17-10-4-5-13-11(15-10)14-8(3)6-9(12)16/h4-5,7-8H,6H2,1-3H3,(H2,12,16)(H,13,14,15). The molecule has 0 radical (unpaired) electrons. The molecule has 3 N–H and O–H groups in total. The van der Waals surface area contributed by atoms with Crippen molar-refractivity contribution in [1.29, 1.82) is 0 Å². The highest BCUT2D eigenvalue weighted by molar-refractivity contribution is 5.74. The highest BCUT2D eigenvalue weighted by atomic mass is 16.5. The summed E-state index contributed by atoms with van der Waals surface area (Å²) >= 11 is 0. The Labute approximate surface area is 101 Å². The highest BCUT2D eigenvalue weighted by Gasteiger charge is 2.08. The summed E-state index contributed by atoms with van der Waals surface area (Å²) in [7, 11) is 0. The van der Waals surface area contributed by atoms with Crippen LogP contribution in [0.15, 0.2) is 12.3 Å². The maximum Gasteiger partial charge on any atom is 0.226 e. The third kappa shape index (κ3) is 5.14. The van der Waals surface area contributed by atoms with E-state index in [1.165, 1.54) is 0 Å². The summed E-state index contributed by atoms with van der Waals surface area (Å²) in [5, 5.41) is 2.98. The fourth-order valence-electron chi connectivity index (χ4n) is 1.29. The van der Waals surface area contributed by atoms with Gasteiger partial charge >= 0.3 is 0 Å². The minimum Gasteiger partial charge on any atom is -0.475 e. The van der Waals surface area contributed by atoms with Gasteiger partial charge in [0.25, 0.3) is 0 Å². The van der Waals surface area contributed by atoms with Gasteiger partial charge in [-0.25, -0.2) is 4.98 Å². The van der Waals surface area contributed by atoms with Crippen LogP contribution in [0.3, 0.4) is 0 Å². The van der Waals surface area contributed by atoms with E-state index in [9.17, 15) is 4.79 Å². The molecular weight excluding hydrogens is 220 g/mol. The maximum absolute atomic E-state index is 10.7. The Balaban J connectivity index is 2.62. The van der Waals surface area contributed by atoms with Crippen molar-refractivity contribution >= 4 is 11.9 Å². The number of nitrogens with zero attached hydrogens (tertiary/aromatic N) is 2. The Hall–Kier alpha value is -1.85. The molecule has 0 spiro atoms. The minimum absolute atomic E-state index is 0.0563. The van der Waals surface area contributed by atoms with Crippen molar-refractivity contribution in [2.45, 2.75) is 39.3 Å². The SMILES string of the molecule is CC(CC(N)=O)Nc1nccc(OC(C)C)n1. The van der Waals surface area contributed by atoms with Crippen LogP contribution in [0, 0.1) is 0 Å². The van der Waals surface area contributed by atoms with Crippen LogP contribution in [-0.2, 0) is 4.79 Å². The van der Waals surface area contributed by atoms with E-state index in [2.05, 4.69) is 15.3 Å². The van der Waals surface area contributed by atoms with Crippen LogP contribution in [0.25, 0.3) is 0 Å². The second kappa shape index (κ2) is 6.03. The van der Waals surface area contributed by atoms with Crippen molar-refractivity contribution in [3.8, 4) is 5.88 Å². The fraction of sp³-hybridized carbons (Fsp3) is 0.545. The maximum atomic E-state index is 10.7. The van der Waals surface area contributed by atoms with Gasteiger partial charge in [0.05, 0.1) is 6.10 Å². The predicted octanol–water partition coefficient (Wildman–Crippen LogP) is 0.940. The number of hydrogen-bond donors (Lipinski definition) is 2. The summed E-state index contributed by atoms with van der Waals surface area (Å²) < 4.78 is 5.43. The number of carbonyl (C=O) groups is 1. The Morgan fingerprint density at radius 3 is 2.82 bits per heavy atom. The van der Waals surface area contributed by atoms with Gasteiger partial charge in [0.2, 0.25) is 17.7 Å². The number of ether oxygens (including phenoxy) is 1. The molecule has 0 aliphatic rings. The number of rotatable bonds is 6. The van der Waals surface area contributed by atoms with Crippen LogP contribution in [0.5, 0.6) is 5.88 Å². The van der Waals surface area contributed by atoms with Crippen LogP contribution in [0.2, 0.25) is 0 Å². The fourth-order valence-corrected chi connectivity index (χ4v) is 1.29. The third-order valence-electron chi connectivity index (χ3n) is 1.87. The number of carbonyl (C=O) groups excluding carboxylic acids is 1. The summed E-state index contributed by atoms with van der Waals surface area (Å²) in [6, 6.07) is 1.58. The van der Waals surface area contributed by atoms with Gasteiger partial charge in [-0.2, -0.15) is 4.98 Å². The first-order chi connectivity index (χ1) is 7.97. The first kappa shape index (κ1) is 13.2. The van der Waals surface area contributed by atoms with Gasteiger partial charge in [0, 0.05) is 24.7 Å². The molecule has 6 heteroatoms. The van der Waals surface area contributed by atoms with E-state index < -0.39 is 0 Å². The van der Waals surface area contributed by atoms with Crippen molar-refractivity contribution in [3.63, 3.8) is 0 Å². The molecular formula is C11H18N4O2. The topological polar surface area (TPSA) is 90.1 Å². The highest BCUT2D eigenvalue weighted by Crippen LogP contribution is 2.11. The van der Waals surface area contributed by atoms with E-state index >= 15 is 0 Å². The van der Waals surface area contributed by atoms with Gasteiger partial charge in [-0.05, 0) is 20.8 Å². The zero-order chi connectivity index (χ0) is 12.8. The lowest BCUT2D eigenvalue weighted by molar-refractivity contribution is -0.118. The summed E-state index contributed by atoms with van der Waals surface area (Å²) in [5.74, 6) is 0.570. The molecule has 1 heterocycles. The lowest BCUT2D eigenvalue weighted by atomic mass is 10.2. The molecule has 0 saturated heterocycles. The van der Waals surface area contributed by atoms with Crippen molar-refractivity contribution in [3.05, 3.63) is 12.3 Å². The number of aromatic nitrogens is 2. The van der Waals surface area contributed by atoms with Crippen LogP contribution in [0.1, 0.15) is 27.2 Å². The molecule has 1 rings (SSSR count). The Bertz CT molecular complexity index is 381. The molecule has 1 unspecified atom stereocenters. The second-order valence-corrected chi connectivity index (χ2v) is 4.10.